The molecule has 3 heteroatoms. The van der Waals surface area contributed by atoms with Crippen LogP contribution in [0.3, 0.4) is 0 Å². The summed E-state index contributed by atoms with van der Waals surface area (Å²) in [6, 6.07) is 3.79. The molecule has 1 aromatic heterocycles. The molecular weight excluding hydrogens is 162 g/mol. The minimum absolute atomic E-state index is 0.520. The van der Waals surface area contributed by atoms with Crippen LogP contribution in [-0.4, -0.2) is 4.98 Å². The van der Waals surface area contributed by atoms with E-state index in [-0.39, 0.29) is 0 Å². The lowest BCUT2D eigenvalue weighted by molar-refractivity contribution is 0.717. The minimum atomic E-state index is 0.520. The topological polar surface area (TPSA) is 64.9 Å². The fourth-order valence-electron chi connectivity index (χ4n) is 1.36. The highest BCUT2D eigenvalue weighted by Crippen LogP contribution is 2.12. The van der Waals surface area contributed by atoms with Crippen LogP contribution >= 0.6 is 0 Å². The summed E-state index contributed by atoms with van der Waals surface area (Å²) in [7, 11) is 0. The van der Waals surface area contributed by atoms with Crippen LogP contribution in [-0.2, 0) is 6.42 Å². The average Bonchev–Trinajstić information content (AvgIpc) is 2.03. The summed E-state index contributed by atoms with van der Waals surface area (Å²) in [5, 5.41) is 0. The second-order valence-corrected chi connectivity index (χ2v) is 3.28. The fraction of sp³-hybridized carbons (Fsp3) is 0.500. The summed E-state index contributed by atoms with van der Waals surface area (Å²) in [6.45, 7) is 2.19. The second kappa shape index (κ2) is 4.70. The maximum absolute atomic E-state index is 5.57. The van der Waals surface area contributed by atoms with Gasteiger partial charge in [0.1, 0.15) is 11.6 Å². The first-order chi connectivity index (χ1) is 6.22. The molecular formula is C10H17N3. The quantitative estimate of drug-likeness (QED) is 0.694. The standard InChI is InChI=1S/C10H17N3/c1-2-3-4-5-8-6-9(11)13-10(12)7-8/h6-7H,2-5H2,1H3,(H4,11,12,13). The van der Waals surface area contributed by atoms with Gasteiger partial charge in [-0.05, 0) is 30.5 Å². The number of nitrogens with zero attached hydrogens (tertiary/aromatic N) is 1. The van der Waals surface area contributed by atoms with Crippen molar-refractivity contribution in [1.82, 2.24) is 4.98 Å². The molecule has 13 heavy (non-hydrogen) atoms. The molecule has 0 aliphatic rings. The zero-order chi connectivity index (χ0) is 9.68. The predicted molar refractivity (Wildman–Crippen MR) is 56.3 cm³/mol. The molecule has 72 valence electrons. The van der Waals surface area contributed by atoms with E-state index in [1.165, 1.54) is 24.8 Å². The molecule has 0 aliphatic heterocycles. The Labute approximate surface area is 79.2 Å². The molecule has 0 saturated heterocycles. The van der Waals surface area contributed by atoms with Gasteiger partial charge in [-0.15, -0.1) is 0 Å². The van der Waals surface area contributed by atoms with Gasteiger partial charge in [0, 0.05) is 0 Å². The Morgan fingerprint density at radius 2 is 1.77 bits per heavy atom. The average molecular weight is 179 g/mol. The molecule has 0 spiro atoms. The first kappa shape index (κ1) is 9.84. The number of rotatable bonds is 4. The van der Waals surface area contributed by atoms with Crippen molar-refractivity contribution >= 4 is 11.6 Å². The molecule has 0 atom stereocenters. The van der Waals surface area contributed by atoms with Gasteiger partial charge in [-0.25, -0.2) is 4.98 Å². The molecule has 3 nitrogen and oxygen atoms in total. The number of hydrogen-bond acceptors (Lipinski definition) is 3. The Morgan fingerprint density at radius 1 is 1.15 bits per heavy atom. The van der Waals surface area contributed by atoms with Crippen LogP contribution in [0, 0.1) is 0 Å². The Kier molecular flexibility index (Phi) is 3.55. The number of anilines is 2. The van der Waals surface area contributed by atoms with Crippen molar-refractivity contribution in [2.24, 2.45) is 0 Å². The molecule has 1 aromatic rings. The van der Waals surface area contributed by atoms with Crippen molar-refractivity contribution in [3.8, 4) is 0 Å². The number of nitrogens with two attached hydrogens (primary N) is 2. The molecule has 0 saturated carbocycles. The lowest BCUT2D eigenvalue weighted by atomic mass is 10.1. The fourth-order valence-corrected chi connectivity index (χ4v) is 1.36. The van der Waals surface area contributed by atoms with Gasteiger partial charge >= 0.3 is 0 Å². The van der Waals surface area contributed by atoms with Gasteiger partial charge in [-0.1, -0.05) is 19.8 Å². The number of hydrogen-bond donors (Lipinski definition) is 2. The van der Waals surface area contributed by atoms with Crippen LogP contribution in [0.15, 0.2) is 12.1 Å². The van der Waals surface area contributed by atoms with Gasteiger partial charge in [0.25, 0.3) is 0 Å². The zero-order valence-corrected chi connectivity index (χ0v) is 8.09. The third-order valence-corrected chi connectivity index (χ3v) is 1.99. The van der Waals surface area contributed by atoms with Gasteiger partial charge in [0.15, 0.2) is 0 Å². The number of aromatic nitrogens is 1. The molecule has 0 bridgehead atoms. The van der Waals surface area contributed by atoms with E-state index in [4.69, 9.17) is 11.5 Å². The van der Waals surface area contributed by atoms with Crippen LogP contribution in [0.25, 0.3) is 0 Å². The molecule has 0 unspecified atom stereocenters. The Balaban J connectivity index is 2.56. The van der Waals surface area contributed by atoms with Crippen molar-refractivity contribution in [3.63, 3.8) is 0 Å². The highest BCUT2D eigenvalue weighted by atomic mass is 14.9. The minimum Gasteiger partial charge on any atom is -0.384 e. The van der Waals surface area contributed by atoms with E-state index in [9.17, 15) is 0 Å². The van der Waals surface area contributed by atoms with Gasteiger partial charge in [0.2, 0.25) is 0 Å². The number of aryl methyl sites for hydroxylation is 1. The van der Waals surface area contributed by atoms with E-state index in [2.05, 4.69) is 11.9 Å². The number of pyridine rings is 1. The van der Waals surface area contributed by atoms with Crippen LogP contribution < -0.4 is 11.5 Å². The van der Waals surface area contributed by atoms with Crippen LogP contribution in [0.4, 0.5) is 11.6 Å². The van der Waals surface area contributed by atoms with Gasteiger partial charge in [0.05, 0.1) is 0 Å². The second-order valence-electron chi connectivity index (χ2n) is 3.28. The van der Waals surface area contributed by atoms with E-state index in [1.807, 2.05) is 12.1 Å². The third-order valence-electron chi connectivity index (χ3n) is 1.99. The monoisotopic (exact) mass is 179 g/mol. The smallest absolute Gasteiger partial charge is 0.126 e. The summed E-state index contributed by atoms with van der Waals surface area (Å²) in [4.78, 5) is 3.92. The summed E-state index contributed by atoms with van der Waals surface area (Å²) >= 11 is 0. The Morgan fingerprint density at radius 3 is 2.31 bits per heavy atom. The number of unbranched alkanes of at least 4 members (excludes halogenated alkanes) is 2. The van der Waals surface area contributed by atoms with E-state index in [1.54, 1.807) is 0 Å². The van der Waals surface area contributed by atoms with E-state index in [0.717, 1.165) is 6.42 Å². The summed E-state index contributed by atoms with van der Waals surface area (Å²) in [6.07, 6.45) is 4.72. The predicted octanol–water partition coefficient (Wildman–Crippen LogP) is 1.98. The van der Waals surface area contributed by atoms with Crippen molar-refractivity contribution in [3.05, 3.63) is 17.7 Å². The highest BCUT2D eigenvalue weighted by molar-refractivity contribution is 5.43. The lowest BCUT2D eigenvalue weighted by Gasteiger charge is -2.02. The SMILES string of the molecule is CCCCCc1cc(N)nc(N)c1. The Hall–Kier alpha value is -1.25. The maximum atomic E-state index is 5.57. The van der Waals surface area contributed by atoms with E-state index >= 15 is 0 Å². The Bertz CT molecular complexity index is 251. The normalized spacial score (nSPS) is 10.2. The van der Waals surface area contributed by atoms with Crippen LogP contribution in [0.1, 0.15) is 31.7 Å². The third kappa shape index (κ3) is 3.32. The van der Waals surface area contributed by atoms with Crippen molar-refractivity contribution in [2.75, 3.05) is 11.5 Å². The summed E-state index contributed by atoms with van der Waals surface area (Å²) in [5.74, 6) is 1.04. The van der Waals surface area contributed by atoms with Gasteiger partial charge in [-0.2, -0.15) is 0 Å². The summed E-state index contributed by atoms with van der Waals surface area (Å²) in [5.41, 5.74) is 12.3. The molecule has 0 fully saturated rings. The van der Waals surface area contributed by atoms with Gasteiger partial charge < -0.3 is 11.5 Å². The zero-order valence-electron chi connectivity index (χ0n) is 8.09. The molecule has 0 radical (unpaired) electrons. The highest BCUT2D eigenvalue weighted by Gasteiger charge is 1.97. The van der Waals surface area contributed by atoms with Crippen molar-refractivity contribution < 1.29 is 0 Å². The largest absolute Gasteiger partial charge is 0.384 e. The molecule has 1 heterocycles. The van der Waals surface area contributed by atoms with E-state index < -0.39 is 0 Å². The first-order valence-electron chi connectivity index (χ1n) is 4.74. The van der Waals surface area contributed by atoms with Crippen molar-refractivity contribution in [1.29, 1.82) is 0 Å². The van der Waals surface area contributed by atoms with Crippen LogP contribution in [0.5, 0.6) is 0 Å². The van der Waals surface area contributed by atoms with Crippen molar-refractivity contribution in [2.45, 2.75) is 32.6 Å². The van der Waals surface area contributed by atoms with Gasteiger partial charge in [-0.3, -0.25) is 0 Å². The maximum Gasteiger partial charge on any atom is 0.126 e. The molecule has 4 N–H and O–H groups in total. The van der Waals surface area contributed by atoms with E-state index in [0.29, 0.717) is 11.6 Å². The molecule has 0 aliphatic carbocycles. The number of nitrogen functional groups attached to an aromatic ring is 2. The molecule has 1 rings (SSSR count). The van der Waals surface area contributed by atoms with Crippen LogP contribution in [0.2, 0.25) is 0 Å². The first-order valence-corrected chi connectivity index (χ1v) is 4.74. The molecule has 0 amide bonds. The lowest BCUT2D eigenvalue weighted by Crippen LogP contribution is -1.98. The molecule has 0 aromatic carbocycles. The summed E-state index contributed by atoms with van der Waals surface area (Å²) < 4.78 is 0.